The molecule has 1 aromatic carbocycles. The Hall–Kier alpha value is -0.970. The van der Waals surface area contributed by atoms with E-state index in [0.29, 0.717) is 41.8 Å². The molecule has 0 aliphatic carbocycles. The largest absolute Gasteiger partial charge is 0.492 e. The molecule has 0 radical (unpaired) electrons. The standard InChI is InChI=1S/C15H23ClN2O2.ClH/c1-10(2)9-20-14-6-5-12(8-13(14)16)18-15(19)7-4-11(3)17;/h5-6,8,10-11H,4,7,9,17H2,1-3H3,(H,18,19);1H. The predicted octanol–water partition coefficient (Wildman–Crippen LogP) is 3.86. The first-order chi connectivity index (χ1) is 9.38. The molecule has 0 aliphatic rings. The minimum absolute atomic E-state index is 0. The Balaban J connectivity index is 0.00000400. The quantitative estimate of drug-likeness (QED) is 0.795. The van der Waals surface area contributed by atoms with E-state index in [-0.39, 0.29) is 24.4 Å². The molecule has 0 saturated carbocycles. The van der Waals surface area contributed by atoms with Crippen LogP contribution in [0.1, 0.15) is 33.6 Å². The maximum Gasteiger partial charge on any atom is 0.224 e. The molecular weight excluding hydrogens is 311 g/mol. The molecule has 0 aromatic heterocycles. The Morgan fingerprint density at radius 1 is 1.38 bits per heavy atom. The topological polar surface area (TPSA) is 64.3 Å². The van der Waals surface area contributed by atoms with Crippen LogP contribution in [-0.4, -0.2) is 18.6 Å². The molecule has 1 rings (SSSR count). The number of carbonyl (C=O) groups excluding carboxylic acids is 1. The Morgan fingerprint density at radius 3 is 2.57 bits per heavy atom. The Labute approximate surface area is 137 Å². The molecule has 1 unspecified atom stereocenters. The summed E-state index contributed by atoms with van der Waals surface area (Å²) in [6.07, 6.45) is 1.07. The van der Waals surface area contributed by atoms with Crippen molar-refractivity contribution in [3.05, 3.63) is 23.2 Å². The zero-order chi connectivity index (χ0) is 15.1. The van der Waals surface area contributed by atoms with Crippen LogP contribution in [-0.2, 0) is 4.79 Å². The van der Waals surface area contributed by atoms with Gasteiger partial charge in [0.25, 0.3) is 0 Å². The second-order valence-corrected chi connectivity index (χ2v) is 5.82. The number of nitrogens with one attached hydrogen (secondary N) is 1. The first kappa shape index (κ1) is 20.0. The third kappa shape index (κ3) is 8.15. The highest BCUT2D eigenvalue weighted by Gasteiger charge is 2.08. The molecule has 0 bridgehead atoms. The van der Waals surface area contributed by atoms with Crippen molar-refractivity contribution in [1.82, 2.24) is 0 Å². The van der Waals surface area contributed by atoms with Gasteiger partial charge in [0.1, 0.15) is 5.75 Å². The number of hydrogen-bond acceptors (Lipinski definition) is 3. The van der Waals surface area contributed by atoms with E-state index in [0.717, 1.165) is 0 Å². The molecule has 3 N–H and O–H groups in total. The van der Waals surface area contributed by atoms with Gasteiger partial charge in [0.05, 0.1) is 11.6 Å². The highest BCUT2D eigenvalue weighted by molar-refractivity contribution is 6.32. The van der Waals surface area contributed by atoms with Crippen molar-refractivity contribution < 1.29 is 9.53 Å². The highest BCUT2D eigenvalue weighted by Crippen LogP contribution is 2.28. The van der Waals surface area contributed by atoms with Crippen LogP contribution in [0.5, 0.6) is 5.75 Å². The van der Waals surface area contributed by atoms with E-state index in [9.17, 15) is 4.79 Å². The summed E-state index contributed by atoms with van der Waals surface area (Å²) >= 11 is 6.13. The molecule has 0 aliphatic heterocycles. The van der Waals surface area contributed by atoms with Gasteiger partial charge in [-0.2, -0.15) is 0 Å². The molecule has 120 valence electrons. The number of halogens is 2. The van der Waals surface area contributed by atoms with Gasteiger partial charge in [0.15, 0.2) is 0 Å². The van der Waals surface area contributed by atoms with Crippen molar-refractivity contribution in [1.29, 1.82) is 0 Å². The third-order valence-corrected chi connectivity index (χ3v) is 2.91. The van der Waals surface area contributed by atoms with Crippen LogP contribution in [0.2, 0.25) is 5.02 Å². The molecule has 0 saturated heterocycles. The monoisotopic (exact) mass is 334 g/mol. The Morgan fingerprint density at radius 2 is 2.05 bits per heavy atom. The van der Waals surface area contributed by atoms with Crippen molar-refractivity contribution >= 4 is 35.6 Å². The van der Waals surface area contributed by atoms with Crippen molar-refractivity contribution in [3.8, 4) is 5.75 Å². The van der Waals surface area contributed by atoms with Gasteiger partial charge in [0, 0.05) is 18.2 Å². The van der Waals surface area contributed by atoms with Gasteiger partial charge in [-0.05, 0) is 37.5 Å². The fourth-order valence-corrected chi connectivity index (χ4v) is 1.77. The van der Waals surface area contributed by atoms with E-state index < -0.39 is 0 Å². The van der Waals surface area contributed by atoms with Gasteiger partial charge in [0.2, 0.25) is 5.91 Å². The van der Waals surface area contributed by atoms with Crippen LogP contribution >= 0.6 is 24.0 Å². The van der Waals surface area contributed by atoms with E-state index >= 15 is 0 Å². The fourth-order valence-electron chi connectivity index (χ4n) is 1.53. The summed E-state index contributed by atoms with van der Waals surface area (Å²) in [7, 11) is 0. The van der Waals surface area contributed by atoms with E-state index in [1.807, 2.05) is 6.92 Å². The first-order valence-electron chi connectivity index (χ1n) is 6.86. The molecule has 4 nitrogen and oxygen atoms in total. The normalized spacial score (nSPS) is 11.7. The second kappa shape index (κ2) is 9.87. The minimum Gasteiger partial charge on any atom is -0.492 e. The van der Waals surface area contributed by atoms with Crippen LogP contribution in [0.3, 0.4) is 0 Å². The molecule has 21 heavy (non-hydrogen) atoms. The number of benzene rings is 1. The number of carbonyl (C=O) groups is 1. The van der Waals surface area contributed by atoms with Crippen LogP contribution in [0.4, 0.5) is 5.69 Å². The maximum absolute atomic E-state index is 11.7. The molecule has 1 amide bonds. The first-order valence-corrected chi connectivity index (χ1v) is 7.24. The van der Waals surface area contributed by atoms with Gasteiger partial charge < -0.3 is 15.8 Å². The summed E-state index contributed by atoms with van der Waals surface area (Å²) in [4.78, 5) is 11.7. The van der Waals surface area contributed by atoms with Crippen molar-refractivity contribution in [3.63, 3.8) is 0 Å². The number of amides is 1. The lowest BCUT2D eigenvalue weighted by atomic mass is 10.2. The van der Waals surface area contributed by atoms with Gasteiger partial charge in [-0.25, -0.2) is 0 Å². The van der Waals surface area contributed by atoms with E-state index in [2.05, 4.69) is 19.2 Å². The average molecular weight is 335 g/mol. The van der Waals surface area contributed by atoms with Crippen molar-refractivity contribution in [2.45, 2.75) is 39.7 Å². The smallest absolute Gasteiger partial charge is 0.224 e. The lowest BCUT2D eigenvalue weighted by Gasteiger charge is -2.12. The predicted molar refractivity (Wildman–Crippen MR) is 90.5 cm³/mol. The zero-order valence-electron chi connectivity index (χ0n) is 12.7. The molecule has 0 heterocycles. The number of ether oxygens (including phenoxy) is 1. The molecule has 1 aromatic rings. The molecular formula is C15H24Cl2N2O2. The lowest BCUT2D eigenvalue weighted by molar-refractivity contribution is -0.116. The van der Waals surface area contributed by atoms with Crippen LogP contribution in [0.15, 0.2) is 18.2 Å². The van der Waals surface area contributed by atoms with Gasteiger partial charge in [-0.1, -0.05) is 25.4 Å². The summed E-state index contributed by atoms with van der Waals surface area (Å²) in [5.41, 5.74) is 6.29. The molecule has 6 heteroatoms. The van der Waals surface area contributed by atoms with E-state index in [4.69, 9.17) is 22.1 Å². The third-order valence-electron chi connectivity index (χ3n) is 2.61. The summed E-state index contributed by atoms with van der Waals surface area (Å²) in [5, 5.41) is 3.29. The van der Waals surface area contributed by atoms with Crippen LogP contribution < -0.4 is 15.8 Å². The van der Waals surface area contributed by atoms with Crippen LogP contribution in [0.25, 0.3) is 0 Å². The minimum atomic E-state index is -0.0609. The van der Waals surface area contributed by atoms with Gasteiger partial charge >= 0.3 is 0 Å². The van der Waals surface area contributed by atoms with E-state index in [1.165, 1.54) is 0 Å². The highest BCUT2D eigenvalue weighted by atomic mass is 35.5. The van der Waals surface area contributed by atoms with Gasteiger partial charge in [-0.3, -0.25) is 4.79 Å². The van der Waals surface area contributed by atoms with Crippen LogP contribution in [0, 0.1) is 5.92 Å². The molecule has 0 spiro atoms. The SMILES string of the molecule is CC(C)COc1ccc(NC(=O)CCC(C)N)cc1Cl.Cl. The van der Waals surface area contributed by atoms with E-state index in [1.54, 1.807) is 18.2 Å². The molecule has 1 atom stereocenters. The summed E-state index contributed by atoms with van der Waals surface area (Å²) < 4.78 is 5.58. The number of nitrogens with two attached hydrogens (primary N) is 1. The Bertz CT molecular complexity index is 451. The van der Waals surface area contributed by atoms with Crippen molar-refractivity contribution in [2.24, 2.45) is 11.7 Å². The number of anilines is 1. The Kier molecular flexibility index (Phi) is 9.42. The number of hydrogen-bond donors (Lipinski definition) is 2. The second-order valence-electron chi connectivity index (χ2n) is 5.41. The molecule has 0 fully saturated rings. The summed E-state index contributed by atoms with van der Waals surface area (Å²) in [5.74, 6) is 1.01. The zero-order valence-corrected chi connectivity index (χ0v) is 14.3. The number of rotatable bonds is 7. The maximum atomic E-state index is 11.7. The fraction of sp³-hybridized carbons (Fsp3) is 0.533. The summed E-state index contributed by atoms with van der Waals surface area (Å²) in [6, 6.07) is 5.27. The van der Waals surface area contributed by atoms with Gasteiger partial charge in [-0.15, -0.1) is 12.4 Å². The average Bonchev–Trinajstić information content (AvgIpc) is 2.35. The summed E-state index contributed by atoms with van der Waals surface area (Å²) in [6.45, 7) is 6.63. The van der Waals surface area contributed by atoms with Crippen molar-refractivity contribution in [2.75, 3.05) is 11.9 Å². The lowest BCUT2D eigenvalue weighted by Crippen LogP contribution is -2.19.